The minimum Gasteiger partial charge on any atom is -0.345 e. The third kappa shape index (κ3) is 6.94. The van der Waals surface area contributed by atoms with Crippen LogP contribution in [0.4, 0.5) is 5.69 Å². The van der Waals surface area contributed by atoms with Gasteiger partial charge in [-0.1, -0.05) is 60.7 Å². The van der Waals surface area contributed by atoms with Crippen molar-refractivity contribution < 1.29 is 9.59 Å². The van der Waals surface area contributed by atoms with Crippen LogP contribution in [0.25, 0.3) is 0 Å². The molecule has 33 heavy (non-hydrogen) atoms. The lowest BCUT2D eigenvalue weighted by Gasteiger charge is -2.26. The summed E-state index contributed by atoms with van der Waals surface area (Å²) in [5, 5.41) is 6.04. The summed E-state index contributed by atoms with van der Waals surface area (Å²) in [5.74, 6) is 2.01. The monoisotopic (exact) mass is 459 g/mol. The molecule has 170 valence electrons. The Kier molecular flexibility index (Phi) is 8.17. The number of amides is 2. The van der Waals surface area contributed by atoms with Crippen LogP contribution in [-0.2, 0) is 11.3 Å². The molecule has 4 rings (SSSR count). The standard InChI is InChI=1S/C27H29N3O2S/c31-26(28-24-13-7-8-21(18-24)20-30-14-16-33-17-15-30)19-25(22-9-3-1-4-10-22)29-27(32)23-11-5-2-6-12-23/h1-13,18,25H,14-17,19-20H2,(H,28,31)(H,29,32). The fraction of sp³-hybridized carbons (Fsp3) is 0.259. The summed E-state index contributed by atoms with van der Waals surface area (Å²) in [6, 6.07) is 26.3. The van der Waals surface area contributed by atoms with Crippen molar-refractivity contribution in [3.8, 4) is 0 Å². The third-order valence-electron chi connectivity index (χ3n) is 5.65. The SMILES string of the molecule is O=C(CC(NC(=O)c1ccccc1)c1ccccc1)Nc1cccc(CN2CCSCC2)c1. The molecule has 1 atom stereocenters. The zero-order valence-corrected chi connectivity index (χ0v) is 19.4. The first-order valence-corrected chi connectivity index (χ1v) is 12.4. The largest absolute Gasteiger partial charge is 0.345 e. The van der Waals surface area contributed by atoms with E-state index in [0.717, 1.165) is 30.9 Å². The van der Waals surface area contributed by atoms with Crippen LogP contribution in [0, 0.1) is 0 Å². The number of nitrogens with zero attached hydrogens (tertiary/aromatic N) is 1. The lowest BCUT2D eigenvalue weighted by Crippen LogP contribution is -2.32. The number of hydrogen-bond donors (Lipinski definition) is 2. The van der Waals surface area contributed by atoms with Crippen molar-refractivity contribution in [2.45, 2.75) is 19.0 Å². The number of rotatable bonds is 8. The van der Waals surface area contributed by atoms with Crippen LogP contribution in [-0.4, -0.2) is 41.3 Å². The van der Waals surface area contributed by atoms with Crippen LogP contribution < -0.4 is 10.6 Å². The number of nitrogens with one attached hydrogen (secondary N) is 2. The Morgan fingerprint density at radius 3 is 2.30 bits per heavy atom. The zero-order chi connectivity index (χ0) is 22.9. The Morgan fingerprint density at radius 2 is 1.58 bits per heavy atom. The quantitative estimate of drug-likeness (QED) is 0.511. The van der Waals surface area contributed by atoms with E-state index >= 15 is 0 Å². The Bertz CT molecular complexity index is 1050. The molecule has 0 radical (unpaired) electrons. The minimum absolute atomic E-state index is 0.135. The van der Waals surface area contributed by atoms with Crippen LogP contribution in [0.1, 0.15) is 33.9 Å². The Hall–Kier alpha value is -3.09. The summed E-state index contributed by atoms with van der Waals surface area (Å²) < 4.78 is 0. The van der Waals surface area contributed by atoms with Gasteiger partial charge in [0.15, 0.2) is 0 Å². The molecule has 5 nitrogen and oxygen atoms in total. The van der Waals surface area contributed by atoms with E-state index in [9.17, 15) is 9.59 Å². The molecule has 2 N–H and O–H groups in total. The van der Waals surface area contributed by atoms with Crippen LogP contribution in [0.3, 0.4) is 0 Å². The molecule has 0 aliphatic carbocycles. The second-order valence-corrected chi connectivity index (χ2v) is 9.37. The van der Waals surface area contributed by atoms with Gasteiger partial charge >= 0.3 is 0 Å². The number of benzene rings is 3. The summed E-state index contributed by atoms with van der Waals surface area (Å²) in [4.78, 5) is 28.1. The average Bonchev–Trinajstić information content (AvgIpc) is 2.85. The Labute approximate surface area is 199 Å². The molecule has 1 unspecified atom stereocenters. The van der Waals surface area contributed by atoms with Crippen molar-refractivity contribution in [3.63, 3.8) is 0 Å². The van der Waals surface area contributed by atoms with Crippen LogP contribution in [0.5, 0.6) is 0 Å². The maximum absolute atomic E-state index is 12.9. The van der Waals surface area contributed by atoms with Gasteiger partial charge in [-0.2, -0.15) is 11.8 Å². The lowest BCUT2D eigenvalue weighted by molar-refractivity contribution is -0.116. The highest BCUT2D eigenvalue weighted by atomic mass is 32.2. The zero-order valence-electron chi connectivity index (χ0n) is 18.6. The van der Waals surface area contributed by atoms with Gasteiger partial charge in [-0.25, -0.2) is 0 Å². The highest BCUT2D eigenvalue weighted by Crippen LogP contribution is 2.20. The molecular weight excluding hydrogens is 430 g/mol. The van der Waals surface area contributed by atoms with Gasteiger partial charge in [0.05, 0.1) is 12.5 Å². The van der Waals surface area contributed by atoms with Crippen LogP contribution in [0.2, 0.25) is 0 Å². The fourth-order valence-corrected chi connectivity index (χ4v) is 4.91. The molecule has 1 aliphatic rings. The van der Waals surface area contributed by atoms with Gasteiger partial charge in [-0.05, 0) is 35.4 Å². The average molecular weight is 460 g/mol. The van der Waals surface area contributed by atoms with E-state index in [1.54, 1.807) is 12.1 Å². The summed E-state index contributed by atoms with van der Waals surface area (Å²) in [6.45, 7) is 3.09. The number of anilines is 1. The van der Waals surface area contributed by atoms with Gasteiger partial charge < -0.3 is 10.6 Å². The second-order valence-electron chi connectivity index (χ2n) is 8.14. The third-order valence-corrected chi connectivity index (χ3v) is 6.60. The van der Waals surface area contributed by atoms with Gasteiger partial charge in [0.25, 0.3) is 5.91 Å². The molecule has 0 bridgehead atoms. The van der Waals surface area contributed by atoms with E-state index in [4.69, 9.17) is 0 Å². The molecule has 2 amide bonds. The van der Waals surface area contributed by atoms with E-state index in [1.165, 1.54) is 17.1 Å². The number of thioether (sulfide) groups is 1. The molecule has 0 spiro atoms. The molecular formula is C27H29N3O2S. The predicted molar refractivity (Wildman–Crippen MR) is 135 cm³/mol. The van der Waals surface area contributed by atoms with E-state index in [-0.39, 0.29) is 18.2 Å². The van der Waals surface area contributed by atoms with Gasteiger partial charge in [-0.3, -0.25) is 14.5 Å². The summed E-state index contributed by atoms with van der Waals surface area (Å²) in [6.07, 6.45) is 0.149. The van der Waals surface area contributed by atoms with E-state index < -0.39 is 6.04 Å². The van der Waals surface area contributed by atoms with Crippen molar-refractivity contribution in [2.75, 3.05) is 29.9 Å². The summed E-state index contributed by atoms with van der Waals surface area (Å²) in [7, 11) is 0. The highest BCUT2D eigenvalue weighted by Gasteiger charge is 2.19. The topological polar surface area (TPSA) is 61.4 Å². The van der Waals surface area contributed by atoms with Crippen molar-refractivity contribution in [2.24, 2.45) is 0 Å². The Balaban J connectivity index is 1.41. The van der Waals surface area contributed by atoms with Crippen molar-refractivity contribution in [1.82, 2.24) is 10.2 Å². The minimum atomic E-state index is -0.423. The van der Waals surface area contributed by atoms with E-state index in [2.05, 4.69) is 21.6 Å². The predicted octanol–water partition coefficient (Wildman–Crippen LogP) is 4.74. The number of hydrogen-bond acceptors (Lipinski definition) is 4. The molecule has 1 fully saturated rings. The maximum atomic E-state index is 12.9. The second kappa shape index (κ2) is 11.7. The molecule has 6 heteroatoms. The highest BCUT2D eigenvalue weighted by molar-refractivity contribution is 7.99. The smallest absolute Gasteiger partial charge is 0.251 e. The molecule has 0 saturated carbocycles. The van der Waals surface area contributed by atoms with Crippen LogP contribution in [0.15, 0.2) is 84.9 Å². The fourth-order valence-electron chi connectivity index (χ4n) is 3.93. The normalized spacial score (nSPS) is 14.9. The van der Waals surface area contributed by atoms with Gasteiger partial charge in [0, 0.05) is 42.4 Å². The summed E-state index contributed by atoms with van der Waals surface area (Å²) >= 11 is 2.00. The van der Waals surface area contributed by atoms with E-state index in [0.29, 0.717) is 5.56 Å². The Morgan fingerprint density at radius 1 is 0.879 bits per heavy atom. The van der Waals surface area contributed by atoms with Gasteiger partial charge in [0.1, 0.15) is 0 Å². The van der Waals surface area contributed by atoms with Gasteiger partial charge in [0.2, 0.25) is 5.91 Å². The lowest BCUT2D eigenvalue weighted by atomic mass is 10.0. The number of carbonyl (C=O) groups excluding carboxylic acids is 2. The van der Waals surface area contributed by atoms with Gasteiger partial charge in [-0.15, -0.1) is 0 Å². The first-order valence-electron chi connectivity index (χ1n) is 11.3. The van der Waals surface area contributed by atoms with Crippen molar-refractivity contribution in [3.05, 3.63) is 102 Å². The van der Waals surface area contributed by atoms with Crippen LogP contribution >= 0.6 is 11.8 Å². The molecule has 3 aromatic rings. The molecule has 0 aromatic heterocycles. The molecule has 1 saturated heterocycles. The maximum Gasteiger partial charge on any atom is 0.251 e. The molecule has 3 aromatic carbocycles. The number of carbonyl (C=O) groups is 2. The van der Waals surface area contributed by atoms with E-state index in [1.807, 2.05) is 78.5 Å². The molecule has 1 aliphatic heterocycles. The van der Waals surface area contributed by atoms with Crippen molar-refractivity contribution >= 4 is 29.3 Å². The first kappa shape index (κ1) is 23.1. The molecule has 1 heterocycles. The van der Waals surface area contributed by atoms with Crippen molar-refractivity contribution in [1.29, 1.82) is 0 Å². The summed E-state index contributed by atoms with van der Waals surface area (Å²) in [5.41, 5.74) is 3.44. The first-order chi connectivity index (χ1) is 16.2.